The van der Waals surface area contributed by atoms with Crippen molar-refractivity contribution in [1.29, 1.82) is 0 Å². The standard InChI is InChI=1S/C22H22N4O4S.ClH/c27-20-13-31-22(29)26(20)11-14-1-4-19-17(9-14)18(21(28)24-19)10-15-2-3-16(23-15)12-25-5-7-30-8-6-25;/h1-4,9-10,23H,5-8,11-13H2,(H,24,28);1H. The minimum Gasteiger partial charge on any atom is -0.379 e. The van der Waals surface area contributed by atoms with Crippen molar-refractivity contribution >= 4 is 58.6 Å². The molecule has 8 nitrogen and oxygen atoms in total. The molecule has 1 aromatic carbocycles. The average molecular weight is 475 g/mol. The average Bonchev–Trinajstić information content (AvgIpc) is 3.43. The zero-order valence-electron chi connectivity index (χ0n) is 17.3. The number of aromatic amines is 1. The van der Waals surface area contributed by atoms with Crippen LogP contribution in [0.1, 0.15) is 22.5 Å². The Kier molecular flexibility index (Phi) is 6.71. The molecule has 5 rings (SSSR count). The molecule has 0 bridgehead atoms. The van der Waals surface area contributed by atoms with Crippen LogP contribution in [-0.2, 0) is 27.4 Å². The zero-order chi connectivity index (χ0) is 21.4. The highest BCUT2D eigenvalue weighted by molar-refractivity contribution is 8.14. The number of carbonyl (C=O) groups excluding carboxylic acids is 3. The maximum absolute atomic E-state index is 12.6. The van der Waals surface area contributed by atoms with E-state index >= 15 is 0 Å². The monoisotopic (exact) mass is 474 g/mol. The van der Waals surface area contributed by atoms with Crippen molar-refractivity contribution in [1.82, 2.24) is 14.8 Å². The molecule has 0 spiro atoms. The number of benzene rings is 1. The summed E-state index contributed by atoms with van der Waals surface area (Å²) < 4.78 is 5.39. The number of rotatable bonds is 5. The van der Waals surface area contributed by atoms with Gasteiger partial charge in [0.25, 0.3) is 11.1 Å². The lowest BCUT2D eigenvalue weighted by Gasteiger charge is -2.25. The van der Waals surface area contributed by atoms with E-state index in [9.17, 15) is 14.4 Å². The van der Waals surface area contributed by atoms with Crippen LogP contribution < -0.4 is 5.32 Å². The first-order chi connectivity index (χ1) is 15.1. The third-order valence-electron chi connectivity index (χ3n) is 5.61. The summed E-state index contributed by atoms with van der Waals surface area (Å²) in [5.41, 5.74) is 4.82. The van der Waals surface area contributed by atoms with Gasteiger partial charge in [0.15, 0.2) is 0 Å². The van der Waals surface area contributed by atoms with Crippen molar-refractivity contribution < 1.29 is 19.1 Å². The third-order valence-corrected chi connectivity index (χ3v) is 6.47. The summed E-state index contributed by atoms with van der Waals surface area (Å²) in [5, 5.41) is 2.66. The molecule has 0 aliphatic carbocycles. The molecule has 3 aliphatic heterocycles. The van der Waals surface area contributed by atoms with Gasteiger partial charge in [-0.05, 0) is 35.9 Å². The molecular weight excluding hydrogens is 452 g/mol. The summed E-state index contributed by atoms with van der Waals surface area (Å²) in [6.45, 7) is 4.36. The van der Waals surface area contributed by atoms with Gasteiger partial charge in [0.05, 0.1) is 31.1 Å². The lowest BCUT2D eigenvalue weighted by molar-refractivity contribution is -0.125. The summed E-state index contributed by atoms with van der Waals surface area (Å²) in [6, 6.07) is 9.53. The summed E-state index contributed by atoms with van der Waals surface area (Å²) in [7, 11) is 0. The second-order valence-electron chi connectivity index (χ2n) is 7.75. The second-order valence-corrected chi connectivity index (χ2v) is 8.68. The molecule has 3 aliphatic rings. The molecule has 2 aromatic rings. The van der Waals surface area contributed by atoms with Gasteiger partial charge in [0.2, 0.25) is 5.91 Å². The quantitative estimate of drug-likeness (QED) is 0.647. The molecule has 10 heteroatoms. The van der Waals surface area contributed by atoms with Gasteiger partial charge in [0, 0.05) is 42.3 Å². The van der Waals surface area contributed by atoms with Crippen molar-refractivity contribution in [3.8, 4) is 0 Å². The second kappa shape index (κ2) is 9.50. The van der Waals surface area contributed by atoms with Crippen molar-refractivity contribution in [3.05, 3.63) is 52.8 Å². The Morgan fingerprint density at radius 1 is 1.06 bits per heavy atom. The van der Waals surface area contributed by atoms with Crippen molar-refractivity contribution in [3.63, 3.8) is 0 Å². The van der Waals surface area contributed by atoms with E-state index in [0.717, 1.165) is 72.8 Å². The number of ether oxygens (including phenoxy) is 1. The number of morpholine rings is 1. The minimum absolute atomic E-state index is 0. The molecule has 0 atom stereocenters. The highest BCUT2D eigenvalue weighted by Gasteiger charge is 2.31. The number of halogens is 1. The normalized spacial score (nSPS) is 19.9. The Balaban J connectivity index is 0.00000245. The first kappa shape index (κ1) is 22.6. The van der Waals surface area contributed by atoms with Crippen LogP contribution >= 0.6 is 24.2 Å². The number of amides is 3. The molecule has 32 heavy (non-hydrogen) atoms. The Hall–Kier alpha value is -2.59. The van der Waals surface area contributed by atoms with Gasteiger partial charge in [-0.15, -0.1) is 12.4 Å². The summed E-state index contributed by atoms with van der Waals surface area (Å²) >= 11 is 1.02. The Morgan fingerprint density at radius 2 is 1.88 bits per heavy atom. The maximum Gasteiger partial charge on any atom is 0.289 e. The van der Waals surface area contributed by atoms with Gasteiger partial charge >= 0.3 is 0 Å². The van der Waals surface area contributed by atoms with Crippen molar-refractivity contribution in [2.45, 2.75) is 13.1 Å². The van der Waals surface area contributed by atoms with E-state index in [2.05, 4.69) is 15.2 Å². The predicted molar refractivity (Wildman–Crippen MR) is 125 cm³/mol. The number of imide groups is 1. The molecule has 0 radical (unpaired) electrons. The Bertz CT molecular complexity index is 1080. The van der Waals surface area contributed by atoms with E-state index in [1.807, 2.05) is 36.4 Å². The van der Waals surface area contributed by atoms with Crippen molar-refractivity contribution in [2.75, 3.05) is 37.4 Å². The Labute approximate surface area is 195 Å². The molecule has 2 fully saturated rings. The van der Waals surface area contributed by atoms with Gasteiger partial charge < -0.3 is 15.0 Å². The molecule has 0 unspecified atom stereocenters. The number of nitrogens with zero attached hydrogens (tertiary/aromatic N) is 2. The van der Waals surface area contributed by atoms with Crippen LogP contribution in [0.4, 0.5) is 10.5 Å². The number of hydrogen-bond donors (Lipinski definition) is 2. The number of fused-ring (bicyclic) bond motifs is 1. The maximum atomic E-state index is 12.6. The largest absolute Gasteiger partial charge is 0.379 e. The van der Waals surface area contributed by atoms with Crippen LogP contribution in [0, 0.1) is 0 Å². The molecule has 3 amide bonds. The van der Waals surface area contributed by atoms with Crippen LogP contribution in [-0.4, -0.2) is 63.9 Å². The number of H-pyrrole nitrogens is 1. The fourth-order valence-corrected chi connectivity index (χ4v) is 4.71. The molecule has 2 N–H and O–H groups in total. The molecule has 1 aromatic heterocycles. The van der Waals surface area contributed by atoms with E-state index in [1.54, 1.807) is 0 Å². The fourth-order valence-electron chi connectivity index (χ4n) is 3.98. The summed E-state index contributed by atoms with van der Waals surface area (Å²) in [5.74, 6) is -0.158. The first-order valence-corrected chi connectivity index (χ1v) is 11.2. The van der Waals surface area contributed by atoms with Gasteiger partial charge in [0.1, 0.15) is 0 Å². The van der Waals surface area contributed by atoms with Crippen LogP contribution in [0.15, 0.2) is 30.3 Å². The van der Waals surface area contributed by atoms with Crippen molar-refractivity contribution in [2.24, 2.45) is 0 Å². The first-order valence-electron chi connectivity index (χ1n) is 10.2. The Morgan fingerprint density at radius 3 is 2.62 bits per heavy atom. The third kappa shape index (κ3) is 4.61. The van der Waals surface area contributed by atoms with Crippen LogP contribution in [0.2, 0.25) is 0 Å². The molecule has 2 saturated heterocycles. The van der Waals surface area contributed by atoms with E-state index in [0.29, 0.717) is 5.57 Å². The predicted octanol–water partition coefficient (Wildman–Crippen LogP) is 2.96. The number of aromatic nitrogens is 1. The summed E-state index contributed by atoms with van der Waals surface area (Å²) in [4.78, 5) is 43.4. The zero-order valence-corrected chi connectivity index (χ0v) is 18.9. The topological polar surface area (TPSA) is 94.7 Å². The number of nitrogens with one attached hydrogen (secondary N) is 2. The smallest absolute Gasteiger partial charge is 0.289 e. The van der Waals surface area contributed by atoms with Gasteiger partial charge in [-0.25, -0.2) is 0 Å². The molecule has 168 valence electrons. The number of anilines is 1. The van der Waals surface area contributed by atoms with Crippen LogP contribution in [0.3, 0.4) is 0 Å². The molecular formula is C22H23ClN4O4S. The lowest BCUT2D eigenvalue weighted by Crippen LogP contribution is -2.35. The van der Waals surface area contributed by atoms with E-state index < -0.39 is 0 Å². The van der Waals surface area contributed by atoms with Gasteiger partial charge in [-0.1, -0.05) is 17.8 Å². The van der Waals surface area contributed by atoms with Crippen LogP contribution in [0.5, 0.6) is 0 Å². The summed E-state index contributed by atoms with van der Waals surface area (Å²) in [6.07, 6.45) is 1.84. The number of hydrogen-bond acceptors (Lipinski definition) is 6. The highest BCUT2D eigenvalue weighted by Crippen LogP contribution is 2.34. The highest BCUT2D eigenvalue weighted by atomic mass is 35.5. The molecule has 0 saturated carbocycles. The molecule has 4 heterocycles. The van der Waals surface area contributed by atoms with Gasteiger partial charge in [-0.3, -0.25) is 24.2 Å². The fraction of sp³-hybridized carbons (Fsp3) is 0.318. The number of carbonyl (C=O) groups is 3. The van der Waals surface area contributed by atoms with Gasteiger partial charge in [-0.2, -0.15) is 0 Å². The number of thioether (sulfide) groups is 1. The lowest BCUT2D eigenvalue weighted by atomic mass is 10.0. The van der Waals surface area contributed by atoms with E-state index in [-0.39, 0.29) is 41.8 Å². The SMILES string of the molecule is Cl.O=C1Nc2ccc(CN3C(=O)CSC3=O)cc2C1=Cc1ccc(CN2CCOCC2)[nH]1. The minimum atomic E-state index is -0.227. The van der Waals surface area contributed by atoms with E-state index in [4.69, 9.17) is 4.74 Å². The van der Waals surface area contributed by atoms with E-state index in [1.165, 1.54) is 4.90 Å². The van der Waals surface area contributed by atoms with Crippen LogP contribution in [0.25, 0.3) is 11.6 Å².